The Labute approximate surface area is 105 Å². The number of rotatable bonds is 1. The van der Waals surface area contributed by atoms with E-state index >= 15 is 0 Å². The summed E-state index contributed by atoms with van der Waals surface area (Å²) >= 11 is 0. The van der Waals surface area contributed by atoms with Gasteiger partial charge in [0, 0.05) is 11.1 Å². The normalized spacial score (nSPS) is 12.0. The van der Waals surface area contributed by atoms with Crippen molar-refractivity contribution in [2.45, 2.75) is 66.3 Å². The summed E-state index contributed by atoms with van der Waals surface area (Å²) in [6, 6.07) is 0. The summed E-state index contributed by atoms with van der Waals surface area (Å²) in [6.45, 7) is 15.2. The lowest BCUT2D eigenvalue weighted by atomic mass is 9.63. The van der Waals surface area contributed by atoms with Gasteiger partial charge >= 0.3 is 5.91 Å². The zero-order valence-corrected chi connectivity index (χ0v) is 12.3. The van der Waals surface area contributed by atoms with Crippen molar-refractivity contribution in [3.05, 3.63) is 0 Å². The number of hydrogen-bond acceptors (Lipinski definition) is 2. The van der Waals surface area contributed by atoms with E-state index in [2.05, 4.69) is 5.32 Å². The molecule has 0 bridgehead atoms. The maximum atomic E-state index is 12.1. The molecule has 0 aromatic carbocycles. The maximum absolute atomic E-state index is 12.1. The third-order valence-corrected chi connectivity index (χ3v) is 2.14. The highest BCUT2D eigenvalue weighted by atomic mass is 16.2. The largest absolute Gasteiger partial charge is 0.375 e. The molecule has 0 atom stereocenters. The molecule has 4 nitrogen and oxygen atoms in total. The fourth-order valence-corrected chi connectivity index (χ4v) is 1.82. The summed E-state index contributed by atoms with van der Waals surface area (Å²) in [4.78, 5) is 25.6. The van der Waals surface area contributed by atoms with Gasteiger partial charge in [-0.2, -0.15) is 0 Å². The molecule has 0 heterocycles. The van der Waals surface area contributed by atoms with Gasteiger partial charge in [0.15, 0.2) is 0 Å². The van der Waals surface area contributed by atoms with Crippen molar-refractivity contribution in [2.24, 2.45) is 0 Å². The van der Waals surface area contributed by atoms with Crippen molar-refractivity contribution in [3.8, 4) is 0 Å². The van der Waals surface area contributed by atoms with Gasteiger partial charge in [0.25, 0.3) is 12.8 Å². The van der Waals surface area contributed by atoms with Crippen molar-refractivity contribution in [1.82, 2.24) is 10.1 Å². The lowest BCUT2D eigenvalue weighted by Crippen LogP contribution is -2.58. The predicted octanol–water partition coefficient (Wildman–Crippen LogP) is 1.78. The van der Waals surface area contributed by atoms with Crippen LogP contribution in [0.25, 0.3) is 0 Å². The molecule has 0 saturated heterocycles. The second-order valence-electron chi connectivity index (χ2n) is 6.64. The average molecular weight is 240 g/mol. The lowest BCUT2D eigenvalue weighted by Gasteiger charge is -2.38. The van der Waals surface area contributed by atoms with Crippen molar-refractivity contribution in [2.75, 3.05) is 0 Å². The molecule has 0 fully saturated rings. The van der Waals surface area contributed by atoms with Gasteiger partial charge in [-0.1, -0.05) is 13.6 Å². The molecule has 0 aromatic rings. The highest BCUT2D eigenvalue weighted by Gasteiger charge is 2.34. The van der Waals surface area contributed by atoms with Crippen LogP contribution in [0.3, 0.4) is 0 Å². The standard InChI is InChI=1S/C12H25BN2O2/c1-11(2,3)14-9(16)10(17)15(13(7)8)12(4,5)6/h1-8H3,(H,14,16). The molecule has 0 unspecified atom stereocenters. The number of amides is 2. The first-order valence-corrected chi connectivity index (χ1v) is 6.02. The summed E-state index contributed by atoms with van der Waals surface area (Å²) in [6.07, 6.45) is 0. The molecule has 0 spiro atoms. The predicted molar refractivity (Wildman–Crippen MR) is 72.0 cm³/mol. The van der Waals surface area contributed by atoms with E-state index in [-0.39, 0.29) is 12.4 Å². The quantitative estimate of drug-likeness (QED) is 0.561. The summed E-state index contributed by atoms with van der Waals surface area (Å²) < 4.78 is 0. The molecule has 2 amide bonds. The number of hydrogen-bond donors (Lipinski definition) is 1. The van der Waals surface area contributed by atoms with Gasteiger partial charge in [0.05, 0.1) is 0 Å². The first kappa shape index (κ1) is 16.0. The van der Waals surface area contributed by atoms with E-state index in [0.29, 0.717) is 0 Å². The van der Waals surface area contributed by atoms with Crippen LogP contribution in [-0.2, 0) is 9.59 Å². The Bertz CT molecular complexity index is 301. The van der Waals surface area contributed by atoms with Gasteiger partial charge < -0.3 is 10.1 Å². The van der Waals surface area contributed by atoms with Gasteiger partial charge in [-0.3, -0.25) is 9.59 Å². The highest BCUT2D eigenvalue weighted by Crippen LogP contribution is 2.16. The second kappa shape index (κ2) is 5.11. The lowest BCUT2D eigenvalue weighted by molar-refractivity contribution is -0.146. The Hall–Kier alpha value is -0.995. The summed E-state index contributed by atoms with van der Waals surface area (Å²) in [7, 11) is 0. The highest BCUT2D eigenvalue weighted by molar-refractivity contribution is 6.60. The van der Waals surface area contributed by atoms with Gasteiger partial charge in [-0.25, -0.2) is 0 Å². The van der Waals surface area contributed by atoms with E-state index in [4.69, 9.17) is 0 Å². The van der Waals surface area contributed by atoms with Crippen LogP contribution in [0.1, 0.15) is 41.5 Å². The van der Waals surface area contributed by atoms with Crippen LogP contribution in [0.15, 0.2) is 0 Å². The smallest absolute Gasteiger partial charge is 0.308 e. The van der Waals surface area contributed by atoms with Crippen LogP contribution in [0.5, 0.6) is 0 Å². The minimum absolute atomic E-state index is 0.00628. The fraction of sp³-hybridized carbons (Fsp3) is 0.833. The summed E-state index contributed by atoms with van der Waals surface area (Å²) in [5.74, 6) is -1.01. The molecule has 0 aliphatic rings. The topological polar surface area (TPSA) is 49.4 Å². The molecule has 98 valence electrons. The van der Waals surface area contributed by atoms with E-state index in [0.717, 1.165) is 0 Å². The third-order valence-electron chi connectivity index (χ3n) is 2.14. The van der Waals surface area contributed by atoms with Gasteiger partial charge in [0.1, 0.15) is 0 Å². The second-order valence-corrected chi connectivity index (χ2v) is 6.64. The molecule has 0 radical (unpaired) electrons. The van der Waals surface area contributed by atoms with Crippen molar-refractivity contribution >= 4 is 18.7 Å². The zero-order valence-electron chi connectivity index (χ0n) is 12.3. The SMILES string of the molecule is CB(C)N(C(=O)C(=O)NC(C)(C)C)C(C)(C)C. The van der Waals surface area contributed by atoms with Crippen LogP contribution >= 0.6 is 0 Å². The molecule has 0 rings (SSSR count). The molecule has 0 saturated carbocycles. The monoisotopic (exact) mass is 240 g/mol. The van der Waals surface area contributed by atoms with Crippen molar-refractivity contribution < 1.29 is 9.59 Å². The van der Waals surface area contributed by atoms with E-state index in [9.17, 15) is 9.59 Å². The van der Waals surface area contributed by atoms with Crippen LogP contribution in [0.2, 0.25) is 13.6 Å². The fourth-order valence-electron chi connectivity index (χ4n) is 1.82. The zero-order chi connectivity index (χ0) is 14.0. The van der Waals surface area contributed by atoms with E-state index < -0.39 is 17.4 Å². The third kappa shape index (κ3) is 5.24. The van der Waals surface area contributed by atoms with Crippen LogP contribution in [0, 0.1) is 0 Å². The van der Waals surface area contributed by atoms with Crippen LogP contribution in [-0.4, -0.2) is 34.6 Å². The minimum atomic E-state index is -0.541. The first-order chi connectivity index (χ1) is 7.36. The number of carbonyl (C=O) groups excluding carboxylic acids is 2. The molecule has 0 aliphatic carbocycles. The Balaban J connectivity index is 4.94. The molecular weight excluding hydrogens is 215 g/mol. The van der Waals surface area contributed by atoms with Crippen molar-refractivity contribution in [3.63, 3.8) is 0 Å². The Morgan fingerprint density at radius 1 is 1.00 bits per heavy atom. The number of nitrogens with zero attached hydrogens (tertiary/aromatic N) is 1. The van der Waals surface area contributed by atoms with Gasteiger partial charge in [0.2, 0.25) is 0 Å². The molecule has 0 aliphatic heterocycles. The molecular formula is C12H25BN2O2. The number of nitrogens with one attached hydrogen (secondary N) is 1. The van der Waals surface area contributed by atoms with Gasteiger partial charge in [-0.05, 0) is 41.5 Å². The average Bonchev–Trinajstić information content (AvgIpc) is 1.96. The van der Waals surface area contributed by atoms with Gasteiger partial charge in [-0.15, -0.1) is 0 Å². The van der Waals surface area contributed by atoms with Crippen molar-refractivity contribution in [1.29, 1.82) is 0 Å². The number of carbonyl (C=O) groups is 2. The van der Waals surface area contributed by atoms with E-state index in [1.807, 2.05) is 55.2 Å². The summed E-state index contributed by atoms with van der Waals surface area (Å²) in [5.41, 5.74) is -0.756. The Kier molecular flexibility index (Phi) is 4.81. The first-order valence-electron chi connectivity index (χ1n) is 6.02. The Morgan fingerprint density at radius 3 is 1.65 bits per heavy atom. The molecule has 0 aromatic heterocycles. The summed E-state index contributed by atoms with van der Waals surface area (Å²) in [5, 5.41) is 2.70. The van der Waals surface area contributed by atoms with E-state index in [1.54, 1.807) is 4.81 Å². The van der Waals surface area contributed by atoms with Crippen LogP contribution < -0.4 is 5.32 Å². The van der Waals surface area contributed by atoms with E-state index in [1.165, 1.54) is 0 Å². The molecule has 17 heavy (non-hydrogen) atoms. The Morgan fingerprint density at radius 2 is 1.41 bits per heavy atom. The van der Waals surface area contributed by atoms with Crippen LogP contribution in [0.4, 0.5) is 0 Å². The molecule has 5 heteroatoms. The maximum Gasteiger partial charge on any atom is 0.308 e. The minimum Gasteiger partial charge on any atom is -0.375 e. The molecule has 1 N–H and O–H groups in total.